The van der Waals surface area contributed by atoms with Gasteiger partial charge in [0.25, 0.3) is 0 Å². The number of primary amides is 1. The number of nitrogens with one attached hydrogen (secondary N) is 1. The Bertz CT molecular complexity index is 798. The van der Waals surface area contributed by atoms with E-state index in [1.54, 1.807) is 12.1 Å². The van der Waals surface area contributed by atoms with E-state index in [1.165, 1.54) is 30.3 Å². The second kappa shape index (κ2) is 6.99. The molecule has 0 unspecified atom stereocenters. The lowest BCUT2D eigenvalue weighted by Crippen LogP contribution is -2.12. The van der Waals surface area contributed by atoms with Gasteiger partial charge in [-0.3, -0.25) is 9.59 Å². The van der Waals surface area contributed by atoms with Crippen molar-refractivity contribution in [3.8, 4) is 0 Å². The first-order valence-corrected chi connectivity index (χ1v) is 6.82. The van der Waals surface area contributed by atoms with E-state index in [4.69, 9.17) is 5.73 Å². The quantitative estimate of drug-likeness (QED) is 0.841. The van der Waals surface area contributed by atoms with Gasteiger partial charge in [-0.15, -0.1) is 0 Å². The van der Waals surface area contributed by atoms with Crippen molar-refractivity contribution in [1.29, 1.82) is 0 Å². The second-order valence-corrected chi connectivity index (χ2v) is 4.89. The Balaban J connectivity index is 2.08. The van der Waals surface area contributed by atoms with Crippen LogP contribution in [0.3, 0.4) is 0 Å². The fourth-order valence-corrected chi connectivity index (χ4v) is 1.92. The Morgan fingerprint density at radius 2 is 1.75 bits per heavy atom. The summed E-state index contributed by atoms with van der Waals surface area (Å²) in [5, 5.41) is 2.50. The topological polar surface area (TPSA) is 72.2 Å². The van der Waals surface area contributed by atoms with Crippen LogP contribution in [0.2, 0.25) is 0 Å². The maximum Gasteiger partial charge on any atom is 0.416 e. The number of carbonyl (C=O) groups excluding carboxylic acids is 2. The van der Waals surface area contributed by atoms with E-state index in [0.717, 1.165) is 18.2 Å². The molecule has 2 rings (SSSR count). The maximum atomic E-state index is 12.6. The van der Waals surface area contributed by atoms with Crippen molar-refractivity contribution >= 4 is 23.6 Å². The first-order valence-electron chi connectivity index (χ1n) is 6.82. The Hall–Kier alpha value is -3.09. The molecule has 2 amide bonds. The minimum absolute atomic E-state index is 0.231. The molecule has 0 heterocycles. The second-order valence-electron chi connectivity index (χ2n) is 4.89. The van der Waals surface area contributed by atoms with E-state index >= 15 is 0 Å². The fraction of sp³-hybridized carbons (Fsp3) is 0.0588. The number of hydrogen-bond acceptors (Lipinski definition) is 2. The molecule has 0 aliphatic carbocycles. The van der Waals surface area contributed by atoms with Crippen LogP contribution in [0.25, 0.3) is 6.08 Å². The molecule has 0 saturated carbocycles. The monoisotopic (exact) mass is 334 g/mol. The maximum absolute atomic E-state index is 12.6. The van der Waals surface area contributed by atoms with Crippen LogP contribution in [-0.4, -0.2) is 11.8 Å². The number of alkyl halides is 3. The molecular weight excluding hydrogens is 321 g/mol. The number of carbonyl (C=O) groups is 2. The number of hydrogen-bond donors (Lipinski definition) is 2. The molecule has 0 atom stereocenters. The molecule has 0 aromatic heterocycles. The summed E-state index contributed by atoms with van der Waals surface area (Å²) >= 11 is 0. The third-order valence-corrected chi connectivity index (χ3v) is 3.06. The Kier molecular flexibility index (Phi) is 5.03. The molecule has 0 aliphatic heterocycles. The van der Waals surface area contributed by atoms with Gasteiger partial charge in [-0.2, -0.15) is 13.2 Å². The number of amides is 2. The van der Waals surface area contributed by atoms with Crippen molar-refractivity contribution in [2.45, 2.75) is 6.18 Å². The zero-order valence-corrected chi connectivity index (χ0v) is 12.3. The number of benzene rings is 2. The highest BCUT2D eigenvalue weighted by molar-refractivity contribution is 6.03. The molecule has 0 bridgehead atoms. The predicted molar refractivity (Wildman–Crippen MR) is 84.1 cm³/mol. The third kappa shape index (κ3) is 4.70. The standard InChI is InChI=1S/C17H13F3N2O2/c18-17(19,20)13-5-1-3-11(9-13)7-8-15(23)22-14-6-2-4-12(10-14)16(21)24/h1-10H,(H2,21,24)(H,22,23)/b8-7+. The average molecular weight is 334 g/mol. The van der Waals surface area contributed by atoms with Crippen LogP contribution in [-0.2, 0) is 11.0 Å². The normalized spacial score (nSPS) is 11.5. The van der Waals surface area contributed by atoms with Crippen LogP contribution >= 0.6 is 0 Å². The lowest BCUT2D eigenvalue weighted by molar-refractivity contribution is -0.137. The minimum Gasteiger partial charge on any atom is -0.366 e. The molecule has 124 valence electrons. The Labute approximate surface area is 135 Å². The van der Waals surface area contributed by atoms with Gasteiger partial charge >= 0.3 is 6.18 Å². The lowest BCUT2D eigenvalue weighted by atomic mass is 10.1. The van der Waals surface area contributed by atoms with Gasteiger partial charge in [0.1, 0.15) is 0 Å². The van der Waals surface area contributed by atoms with E-state index < -0.39 is 23.6 Å². The summed E-state index contributed by atoms with van der Waals surface area (Å²) in [6.07, 6.45) is -2.07. The highest BCUT2D eigenvalue weighted by Crippen LogP contribution is 2.29. The van der Waals surface area contributed by atoms with Crippen LogP contribution in [0.4, 0.5) is 18.9 Å². The van der Waals surface area contributed by atoms with Gasteiger partial charge < -0.3 is 11.1 Å². The third-order valence-electron chi connectivity index (χ3n) is 3.06. The number of nitrogens with two attached hydrogens (primary N) is 1. The van der Waals surface area contributed by atoms with Crippen molar-refractivity contribution < 1.29 is 22.8 Å². The fourth-order valence-electron chi connectivity index (χ4n) is 1.92. The largest absolute Gasteiger partial charge is 0.416 e. The molecule has 0 aliphatic rings. The molecular formula is C17H13F3N2O2. The molecule has 2 aromatic rings. The van der Waals surface area contributed by atoms with Gasteiger partial charge in [0.15, 0.2) is 0 Å². The van der Waals surface area contributed by atoms with Crippen LogP contribution in [0.1, 0.15) is 21.5 Å². The van der Waals surface area contributed by atoms with Gasteiger partial charge in [-0.05, 0) is 42.0 Å². The van der Waals surface area contributed by atoms with E-state index in [9.17, 15) is 22.8 Å². The Morgan fingerprint density at radius 3 is 2.42 bits per heavy atom. The summed E-state index contributed by atoms with van der Waals surface area (Å²) < 4.78 is 37.8. The van der Waals surface area contributed by atoms with Crippen molar-refractivity contribution in [2.75, 3.05) is 5.32 Å². The van der Waals surface area contributed by atoms with Crippen molar-refractivity contribution in [2.24, 2.45) is 5.73 Å². The van der Waals surface area contributed by atoms with Crippen LogP contribution in [0, 0.1) is 0 Å². The highest BCUT2D eigenvalue weighted by atomic mass is 19.4. The summed E-state index contributed by atoms with van der Waals surface area (Å²) in [5.74, 6) is -1.18. The van der Waals surface area contributed by atoms with Gasteiger partial charge in [0.05, 0.1) is 5.56 Å². The number of halogens is 3. The van der Waals surface area contributed by atoms with Crippen LogP contribution < -0.4 is 11.1 Å². The summed E-state index contributed by atoms with van der Waals surface area (Å²) in [7, 11) is 0. The summed E-state index contributed by atoms with van der Waals surface area (Å²) in [6, 6.07) is 10.6. The van der Waals surface area contributed by atoms with Crippen molar-refractivity contribution in [1.82, 2.24) is 0 Å². The minimum atomic E-state index is -4.44. The molecule has 0 radical (unpaired) electrons. The first kappa shape index (κ1) is 17.3. The molecule has 0 saturated heterocycles. The molecule has 2 aromatic carbocycles. The zero-order chi connectivity index (χ0) is 17.7. The average Bonchev–Trinajstić information content (AvgIpc) is 2.52. The van der Waals surface area contributed by atoms with Crippen molar-refractivity contribution in [3.63, 3.8) is 0 Å². The van der Waals surface area contributed by atoms with Gasteiger partial charge in [0.2, 0.25) is 11.8 Å². The van der Waals surface area contributed by atoms with Gasteiger partial charge in [-0.25, -0.2) is 0 Å². The first-order chi connectivity index (χ1) is 11.3. The molecule has 7 heteroatoms. The zero-order valence-electron chi connectivity index (χ0n) is 12.3. The van der Waals surface area contributed by atoms with Crippen LogP contribution in [0.15, 0.2) is 54.6 Å². The molecule has 3 N–H and O–H groups in total. The summed E-state index contributed by atoms with van der Waals surface area (Å²) in [4.78, 5) is 22.9. The molecule has 24 heavy (non-hydrogen) atoms. The summed E-state index contributed by atoms with van der Waals surface area (Å²) in [5.41, 5.74) is 5.17. The summed E-state index contributed by atoms with van der Waals surface area (Å²) in [6.45, 7) is 0. The van der Waals surface area contributed by atoms with E-state index in [0.29, 0.717) is 5.69 Å². The lowest BCUT2D eigenvalue weighted by Gasteiger charge is -2.06. The smallest absolute Gasteiger partial charge is 0.366 e. The van der Waals surface area contributed by atoms with Gasteiger partial charge in [-0.1, -0.05) is 18.2 Å². The molecule has 0 fully saturated rings. The number of anilines is 1. The molecule has 4 nitrogen and oxygen atoms in total. The predicted octanol–water partition coefficient (Wildman–Crippen LogP) is 3.46. The number of rotatable bonds is 4. The SMILES string of the molecule is NC(=O)c1cccc(NC(=O)/C=C/c2cccc(C(F)(F)F)c2)c1. The van der Waals surface area contributed by atoms with Crippen LogP contribution in [0.5, 0.6) is 0 Å². The highest BCUT2D eigenvalue weighted by Gasteiger charge is 2.30. The molecule has 0 spiro atoms. The van der Waals surface area contributed by atoms with Crippen molar-refractivity contribution in [3.05, 3.63) is 71.3 Å². The van der Waals surface area contributed by atoms with E-state index in [1.807, 2.05) is 0 Å². The van der Waals surface area contributed by atoms with E-state index in [2.05, 4.69) is 5.32 Å². The Morgan fingerprint density at radius 1 is 1.04 bits per heavy atom. The van der Waals surface area contributed by atoms with E-state index in [-0.39, 0.29) is 11.1 Å². The van der Waals surface area contributed by atoms with Gasteiger partial charge in [0, 0.05) is 17.3 Å².